The molecule has 0 saturated carbocycles. The highest BCUT2D eigenvalue weighted by atomic mass is 16.4. The summed E-state index contributed by atoms with van der Waals surface area (Å²) in [5.41, 5.74) is 1.69. The number of aryl methyl sites for hydroxylation is 1. The van der Waals surface area contributed by atoms with E-state index in [0.29, 0.717) is 12.1 Å². The Morgan fingerprint density at radius 3 is 2.18 bits per heavy atom. The summed E-state index contributed by atoms with van der Waals surface area (Å²) >= 11 is 0. The number of nitrogens with zero attached hydrogens (tertiary/aromatic N) is 1. The Labute approximate surface area is 101 Å². The van der Waals surface area contributed by atoms with E-state index >= 15 is 0 Å². The molecule has 0 aliphatic heterocycles. The fourth-order valence-corrected chi connectivity index (χ4v) is 1.56. The molecule has 1 aromatic rings. The van der Waals surface area contributed by atoms with E-state index in [0.717, 1.165) is 12.0 Å². The number of carboxylic acid groups (broad SMARTS) is 1. The molecule has 0 saturated heterocycles. The van der Waals surface area contributed by atoms with Gasteiger partial charge in [-0.1, -0.05) is 19.1 Å². The Balaban J connectivity index is 2.82. The van der Waals surface area contributed by atoms with Gasteiger partial charge in [-0.2, -0.15) is 0 Å². The maximum Gasteiger partial charge on any atom is 0.323 e. The van der Waals surface area contributed by atoms with Crippen LogP contribution in [-0.2, 0) is 11.2 Å². The molecular formula is C13H17NO3. The van der Waals surface area contributed by atoms with Crippen LogP contribution < -0.4 is 0 Å². The number of aliphatic carboxylic acids is 1. The Morgan fingerprint density at radius 2 is 1.76 bits per heavy atom. The van der Waals surface area contributed by atoms with Gasteiger partial charge in [-0.25, -0.2) is 0 Å². The molecule has 0 heterocycles. The number of rotatable bonds is 5. The van der Waals surface area contributed by atoms with Gasteiger partial charge in [0.15, 0.2) is 0 Å². The van der Waals surface area contributed by atoms with E-state index in [9.17, 15) is 9.59 Å². The maximum absolute atomic E-state index is 12.0. The van der Waals surface area contributed by atoms with Crippen molar-refractivity contribution in [2.24, 2.45) is 0 Å². The Bertz CT molecular complexity index is 398. The van der Waals surface area contributed by atoms with Gasteiger partial charge in [-0.3, -0.25) is 9.59 Å². The third kappa shape index (κ3) is 3.59. The summed E-state index contributed by atoms with van der Waals surface area (Å²) in [5.74, 6) is -1.23. The van der Waals surface area contributed by atoms with Crippen molar-refractivity contribution in [3.63, 3.8) is 0 Å². The smallest absolute Gasteiger partial charge is 0.323 e. The van der Waals surface area contributed by atoms with Crippen LogP contribution in [0.25, 0.3) is 0 Å². The average Bonchev–Trinajstić information content (AvgIpc) is 2.35. The first-order chi connectivity index (χ1) is 8.08. The molecule has 92 valence electrons. The Kier molecular flexibility index (Phi) is 4.69. The van der Waals surface area contributed by atoms with Gasteiger partial charge in [0.2, 0.25) is 0 Å². The molecule has 0 unspecified atom stereocenters. The van der Waals surface area contributed by atoms with E-state index in [1.54, 1.807) is 19.1 Å². The van der Waals surface area contributed by atoms with Crippen molar-refractivity contribution in [2.75, 3.05) is 13.1 Å². The topological polar surface area (TPSA) is 57.6 Å². The first-order valence-corrected chi connectivity index (χ1v) is 5.68. The van der Waals surface area contributed by atoms with Crippen molar-refractivity contribution < 1.29 is 14.7 Å². The molecule has 0 radical (unpaired) electrons. The minimum atomic E-state index is -0.995. The van der Waals surface area contributed by atoms with E-state index in [1.165, 1.54) is 4.90 Å². The minimum absolute atomic E-state index is 0.238. The number of carboxylic acids is 1. The molecule has 4 heteroatoms. The number of carbonyl (C=O) groups is 2. The lowest BCUT2D eigenvalue weighted by molar-refractivity contribution is -0.137. The lowest BCUT2D eigenvalue weighted by atomic mass is 10.1. The molecule has 0 aliphatic rings. The van der Waals surface area contributed by atoms with E-state index in [1.807, 2.05) is 19.1 Å². The molecule has 0 spiro atoms. The molecule has 0 atom stereocenters. The van der Waals surface area contributed by atoms with Gasteiger partial charge in [-0.05, 0) is 31.0 Å². The molecule has 0 bridgehead atoms. The predicted molar refractivity (Wildman–Crippen MR) is 65.0 cm³/mol. The molecular weight excluding hydrogens is 218 g/mol. The monoisotopic (exact) mass is 235 g/mol. The van der Waals surface area contributed by atoms with Gasteiger partial charge in [0, 0.05) is 12.1 Å². The third-order valence-electron chi connectivity index (χ3n) is 2.60. The van der Waals surface area contributed by atoms with Crippen LogP contribution in [0.2, 0.25) is 0 Å². The standard InChI is InChI=1S/C13H17NO3/c1-3-10-5-7-11(8-6-10)13(17)14(4-2)9-12(15)16/h5-8H,3-4,9H2,1-2H3,(H,15,16). The lowest BCUT2D eigenvalue weighted by Gasteiger charge is -2.18. The molecule has 0 aliphatic carbocycles. The van der Waals surface area contributed by atoms with Crippen LogP contribution in [-0.4, -0.2) is 35.0 Å². The first-order valence-electron chi connectivity index (χ1n) is 5.68. The predicted octanol–water partition coefficient (Wildman–Crippen LogP) is 1.80. The third-order valence-corrected chi connectivity index (χ3v) is 2.60. The van der Waals surface area contributed by atoms with Gasteiger partial charge >= 0.3 is 5.97 Å². The number of hydrogen-bond acceptors (Lipinski definition) is 2. The summed E-state index contributed by atoms with van der Waals surface area (Å²) < 4.78 is 0. The summed E-state index contributed by atoms with van der Waals surface area (Å²) in [6.45, 7) is 3.94. The molecule has 17 heavy (non-hydrogen) atoms. The number of carbonyl (C=O) groups excluding carboxylic acids is 1. The molecule has 4 nitrogen and oxygen atoms in total. The molecule has 1 rings (SSSR count). The largest absolute Gasteiger partial charge is 0.480 e. The second-order valence-corrected chi connectivity index (χ2v) is 3.76. The second kappa shape index (κ2) is 6.03. The van der Waals surface area contributed by atoms with Gasteiger partial charge in [-0.15, -0.1) is 0 Å². The Morgan fingerprint density at radius 1 is 1.18 bits per heavy atom. The van der Waals surface area contributed by atoms with Crippen molar-refractivity contribution in [1.29, 1.82) is 0 Å². The van der Waals surface area contributed by atoms with Crippen molar-refractivity contribution in [2.45, 2.75) is 20.3 Å². The molecule has 1 aromatic carbocycles. The summed E-state index contributed by atoms with van der Waals surface area (Å²) in [5, 5.41) is 8.70. The van der Waals surface area contributed by atoms with E-state index in [4.69, 9.17) is 5.11 Å². The molecule has 1 amide bonds. The molecule has 0 aromatic heterocycles. The van der Waals surface area contributed by atoms with E-state index < -0.39 is 5.97 Å². The van der Waals surface area contributed by atoms with E-state index in [2.05, 4.69) is 0 Å². The highest BCUT2D eigenvalue weighted by Gasteiger charge is 2.16. The maximum atomic E-state index is 12.0. The van der Waals surface area contributed by atoms with Crippen molar-refractivity contribution in [3.05, 3.63) is 35.4 Å². The van der Waals surface area contributed by atoms with Crippen LogP contribution in [0, 0.1) is 0 Å². The van der Waals surface area contributed by atoms with Crippen LogP contribution in [0.4, 0.5) is 0 Å². The number of benzene rings is 1. The Hall–Kier alpha value is -1.84. The van der Waals surface area contributed by atoms with Crippen molar-refractivity contribution in [1.82, 2.24) is 4.90 Å². The highest BCUT2D eigenvalue weighted by molar-refractivity contribution is 5.95. The number of hydrogen-bond donors (Lipinski definition) is 1. The average molecular weight is 235 g/mol. The highest BCUT2D eigenvalue weighted by Crippen LogP contribution is 2.08. The summed E-state index contributed by atoms with van der Waals surface area (Å²) in [4.78, 5) is 23.9. The van der Waals surface area contributed by atoms with Crippen LogP contribution >= 0.6 is 0 Å². The van der Waals surface area contributed by atoms with Gasteiger partial charge in [0.25, 0.3) is 5.91 Å². The normalized spacial score (nSPS) is 10.0. The fourth-order valence-electron chi connectivity index (χ4n) is 1.56. The lowest BCUT2D eigenvalue weighted by Crippen LogP contribution is -2.35. The summed E-state index contributed by atoms with van der Waals surface area (Å²) in [6.07, 6.45) is 0.918. The first kappa shape index (κ1) is 13.2. The van der Waals surface area contributed by atoms with Crippen LogP contribution in [0.3, 0.4) is 0 Å². The molecule has 0 fully saturated rings. The zero-order valence-corrected chi connectivity index (χ0v) is 10.1. The SMILES string of the molecule is CCc1ccc(C(=O)N(CC)CC(=O)O)cc1. The summed E-state index contributed by atoms with van der Waals surface area (Å²) in [6, 6.07) is 7.26. The number of likely N-dealkylation sites (N-methyl/N-ethyl adjacent to an activating group) is 1. The van der Waals surface area contributed by atoms with Crippen molar-refractivity contribution >= 4 is 11.9 Å². The fraction of sp³-hybridized carbons (Fsp3) is 0.385. The van der Waals surface area contributed by atoms with Crippen LogP contribution in [0.15, 0.2) is 24.3 Å². The van der Waals surface area contributed by atoms with Crippen LogP contribution in [0.1, 0.15) is 29.8 Å². The van der Waals surface area contributed by atoms with Crippen molar-refractivity contribution in [3.8, 4) is 0 Å². The van der Waals surface area contributed by atoms with Gasteiger partial charge in [0.05, 0.1) is 0 Å². The zero-order chi connectivity index (χ0) is 12.8. The molecule has 1 N–H and O–H groups in total. The van der Waals surface area contributed by atoms with Crippen LogP contribution in [0.5, 0.6) is 0 Å². The quantitative estimate of drug-likeness (QED) is 0.846. The number of amides is 1. The second-order valence-electron chi connectivity index (χ2n) is 3.76. The zero-order valence-electron chi connectivity index (χ0n) is 10.1. The van der Waals surface area contributed by atoms with Gasteiger partial charge < -0.3 is 10.0 Å². The summed E-state index contributed by atoms with van der Waals surface area (Å²) in [7, 11) is 0. The van der Waals surface area contributed by atoms with Gasteiger partial charge in [0.1, 0.15) is 6.54 Å². The van der Waals surface area contributed by atoms with E-state index in [-0.39, 0.29) is 12.5 Å². The minimum Gasteiger partial charge on any atom is -0.480 e.